The van der Waals surface area contributed by atoms with Crippen LogP contribution < -0.4 is 5.32 Å². The van der Waals surface area contributed by atoms with Crippen LogP contribution in [0.1, 0.15) is 28.4 Å². The zero-order chi connectivity index (χ0) is 19.4. The quantitative estimate of drug-likeness (QED) is 0.521. The van der Waals surface area contributed by atoms with Crippen LogP contribution >= 0.6 is 11.8 Å². The summed E-state index contributed by atoms with van der Waals surface area (Å²) in [4.78, 5) is 24.0. The Hall–Kier alpha value is -3.00. The minimum Gasteiger partial charge on any atom is -0.325 e. The molecule has 0 fully saturated rings. The van der Waals surface area contributed by atoms with Crippen LogP contribution in [0.3, 0.4) is 0 Å². The predicted octanol–water partition coefficient (Wildman–Crippen LogP) is 3.21. The molecule has 138 valence electrons. The molecule has 0 unspecified atom stereocenters. The Morgan fingerprint density at radius 1 is 1.11 bits per heavy atom. The maximum absolute atomic E-state index is 12.3. The number of nitrogens with zero attached hydrogens (tertiary/aromatic N) is 4. The summed E-state index contributed by atoms with van der Waals surface area (Å²) >= 11 is 1.23. The van der Waals surface area contributed by atoms with Gasteiger partial charge in [-0.15, -0.1) is 5.10 Å². The average molecular weight is 381 g/mol. The molecule has 0 saturated heterocycles. The summed E-state index contributed by atoms with van der Waals surface area (Å²) in [5.74, 6) is -0.209. The first-order chi connectivity index (χ1) is 13.0. The van der Waals surface area contributed by atoms with Crippen molar-refractivity contribution >= 4 is 29.1 Å². The minimum absolute atomic E-state index is 0.0996. The third-order valence-electron chi connectivity index (χ3n) is 4.16. The normalized spacial score (nSPS) is 10.6. The molecule has 1 N–H and O–H groups in total. The highest BCUT2D eigenvalue weighted by molar-refractivity contribution is 7.99. The largest absolute Gasteiger partial charge is 0.325 e. The Bertz CT molecular complexity index is 999. The number of hydrogen-bond donors (Lipinski definition) is 1. The first-order valence-corrected chi connectivity index (χ1v) is 9.33. The zero-order valence-electron chi connectivity index (χ0n) is 15.3. The molecule has 0 saturated carbocycles. The van der Waals surface area contributed by atoms with E-state index in [0.717, 1.165) is 16.8 Å². The van der Waals surface area contributed by atoms with Gasteiger partial charge in [-0.3, -0.25) is 9.59 Å². The number of carbonyl (C=O) groups excluding carboxylic acids is 2. The predicted molar refractivity (Wildman–Crippen MR) is 104 cm³/mol. The third-order valence-corrected chi connectivity index (χ3v) is 5.08. The molecule has 1 amide bonds. The maximum Gasteiger partial charge on any atom is 0.234 e. The Morgan fingerprint density at radius 2 is 1.89 bits per heavy atom. The molecule has 2 aromatic carbocycles. The molecular weight excluding hydrogens is 362 g/mol. The van der Waals surface area contributed by atoms with E-state index in [9.17, 15) is 9.59 Å². The monoisotopic (exact) mass is 381 g/mol. The second-order valence-electron chi connectivity index (χ2n) is 6.03. The number of nitrogens with one attached hydrogen (secondary N) is 1. The van der Waals surface area contributed by atoms with Gasteiger partial charge in [0.2, 0.25) is 11.1 Å². The summed E-state index contributed by atoms with van der Waals surface area (Å²) in [6, 6.07) is 12.8. The van der Waals surface area contributed by atoms with Crippen molar-refractivity contribution in [3.05, 3.63) is 59.2 Å². The van der Waals surface area contributed by atoms with E-state index < -0.39 is 0 Å². The second kappa shape index (κ2) is 8.13. The molecule has 0 aliphatic carbocycles. The van der Waals surface area contributed by atoms with E-state index in [1.165, 1.54) is 18.7 Å². The number of carbonyl (C=O) groups is 2. The van der Waals surface area contributed by atoms with Gasteiger partial charge in [0.1, 0.15) is 0 Å². The zero-order valence-corrected chi connectivity index (χ0v) is 16.1. The van der Waals surface area contributed by atoms with Gasteiger partial charge in [0.25, 0.3) is 0 Å². The van der Waals surface area contributed by atoms with Gasteiger partial charge in [-0.1, -0.05) is 36.0 Å². The second-order valence-corrected chi connectivity index (χ2v) is 6.97. The molecule has 0 atom stereocenters. The highest BCUT2D eigenvalue weighted by atomic mass is 32.2. The van der Waals surface area contributed by atoms with Crippen molar-refractivity contribution in [1.82, 2.24) is 20.2 Å². The molecular formula is C19H19N5O2S. The molecule has 3 aromatic rings. The van der Waals surface area contributed by atoms with Crippen molar-refractivity contribution in [2.24, 2.45) is 0 Å². The Balaban J connectivity index is 1.72. The van der Waals surface area contributed by atoms with E-state index in [4.69, 9.17) is 0 Å². The fourth-order valence-electron chi connectivity index (χ4n) is 2.60. The van der Waals surface area contributed by atoms with E-state index in [1.807, 2.05) is 32.0 Å². The minimum atomic E-state index is -0.232. The number of aryl methyl sites for hydroxylation is 1. The highest BCUT2D eigenvalue weighted by Crippen LogP contribution is 2.23. The number of amides is 1. The number of benzene rings is 2. The summed E-state index contributed by atoms with van der Waals surface area (Å²) in [6.45, 7) is 5.50. The van der Waals surface area contributed by atoms with E-state index in [1.54, 1.807) is 28.9 Å². The number of aromatic nitrogens is 4. The molecule has 8 heteroatoms. The molecule has 3 rings (SSSR count). The number of rotatable bonds is 6. The first-order valence-electron chi connectivity index (χ1n) is 8.35. The van der Waals surface area contributed by atoms with Gasteiger partial charge in [-0.05, 0) is 60.5 Å². The molecule has 1 aromatic heterocycles. The molecule has 0 radical (unpaired) electrons. The van der Waals surface area contributed by atoms with E-state index in [2.05, 4.69) is 20.8 Å². The lowest BCUT2D eigenvalue weighted by atomic mass is 10.1. The van der Waals surface area contributed by atoms with Crippen molar-refractivity contribution in [2.45, 2.75) is 25.9 Å². The van der Waals surface area contributed by atoms with Crippen molar-refractivity contribution in [2.75, 3.05) is 11.1 Å². The van der Waals surface area contributed by atoms with E-state index >= 15 is 0 Å². The van der Waals surface area contributed by atoms with Crippen LogP contribution in [0.15, 0.2) is 47.6 Å². The summed E-state index contributed by atoms with van der Waals surface area (Å²) in [7, 11) is 0. The number of anilines is 1. The van der Waals surface area contributed by atoms with Crippen LogP contribution in [0, 0.1) is 13.8 Å². The summed E-state index contributed by atoms with van der Waals surface area (Å²) < 4.78 is 1.63. The third kappa shape index (κ3) is 4.22. The summed E-state index contributed by atoms with van der Waals surface area (Å²) in [5, 5.41) is 15.1. The molecule has 0 aliphatic heterocycles. The van der Waals surface area contributed by atoms with Gasteiger partial charge < -0.3 is 5.32 Å². The molecule has 0 aliphatic rings. The number of Topliss-reactive ketones (excluding diaryl/α,β-unsaturated/α-hetero) is 1. The Morgan fingerprint density at radius 3 is 2.67 bits per heavy atom. The maximum atomic E-state index is 12.3. The van der Waals surface area contributed by atoms with Crippen LogP contribution in [-0.4, -0.2) is 37.7 Å². The molecule has 1 heterocycles. The number of ketones is 1. The van der Waals surface area contributed by atoms with Crippen molar-refractivity contribution < 1.29 is 9.59 Å². The van der Waals surface area contributed by atoms with Gasteiger partial charge in [0.05, 0.1) is 17.1 Å². The van der Waals surface area contributed by atoms with Gasteiger partial charge in [-0.25, -0.2) is 0 Å². The fourth-order valence-corrected chi connectivity index (χ4v) is 3.28. The van der Waals surface area contributed by atoms with Crippen molar-refractivity contribution in [3.63, 3.8) is 0 Å². The molecule has 0 spiro atoms. The lowest BCUT2D eigenvalue weighted by Gasteiger charge is -2.10. The topological polar surface area (TPSA) is 89.8 Å². The van der Waals surface area contributed by atoms with Crippen LogP contribution in [0.4, 0.5) is 5.69 Å². The van der Waals surface area contributed by atoms with E-state index in [-0.39, 0.29) is 17.4 Å². The van der Waals surface area contributed by atoms with E-state index in [0.29, 0.717) is 16.4 Å². The van der Waals surface area contributed by atoms with Crippen LogP contribution in [0.25, 0.3) is 5.69 Å². The standard InChI is InChI=1S/C19H19N5O2S/c1-12-7-6-10-17(13(12)2)24-19(21-22-23-24)27-11-18(26)20-16-9-5-4-8-15(16)14(3)25/h4-10H,11H2,1-3H3,(H,20,26). The van der Waals surface area contributed by atoms with Crippen molar-refractivity contribution in [1.29, 1.82) is 0 Å². The van der Waals surface area contributed by atoms with Crippen molar-refractivity contribution in [3.8, 4) is 5.69 Å². The Kier molecular flexibility index (Phi) is 5.66. The molecule has 0 bridgehead atoms. The summed E-state index contributed by atoms with van der Waals surface area (Å²) in [5.41, 5.74) is 4.08. The van der Waals surface area contributed by atoms with Gasteiger partial charge in [0.15, 0.2) is 5.78 Å². The SMILES string of the molecule is CC(=O)c1ccccc1NC(=O)CSc1nnnn1-c1cccc(C)c1C. The van der Waals surface area contributed by atoms with Gasteiger partial charge in [0, 0.05) is 5.56 Å². The molecule has 7 nitrogen and oxygen atoms in total. The average Bonchev–Trinajstić information content (AvgIpc) is 3.11. The number of para-hydroxylation sites is 1. The number of hydrogen-bond acceptors (Lipinski definition) is 6. The summed E-state index contributed by atoms with van der Waals surface area (Å²) in [6.07, 6.45) is 0. The Labute approximate surface area is 161 Å². The van der Waals surface area contributed by atoms with Gasteiger partial charge >= 0.3 is 0 Å². The molecule has 27 heavy (non-hydrogen) atoms. The van der Waals surface area contributed by atoms with Crippen LogP contribution in [-0.2, 0) is 4.79 Å². The van der Waals surface area contributed by atoms with Crippen LogP contribution in [0.2, 0.25) is 0 Å². The number of tetrazole rings is 1. The first kappa shape index (κ1) is 18.8. The number of thioether (sulfide) groups is 1. The highest BCUT2D eigenvalue weighted by Gasteiger charge is 2.15. The lowest BCUT2D eigenvalue weighted by molar-refractivity contribution is -0.113. The smallest absolute Gasteiger partial charge is 0.234 e. The fraction of sp³-hybridized carbons (Fsp3) is 0.211. The lowest BCUT2D eigenvalue weighted by Crippen LogP contribution is -2.16. The van der Waals surface area contributed by atoms with Crippen LogP contribution in [0.5, 0.6) is 0 Å². The van der Waals surface area contributed by atoms with Gasteiger partial charge in [-0.2, -0.15) is 4.68 Å².